The Labute approximate surface area is 222 Å². The van der Waals surface area contributed by atoms with E-state index in [0.717, 1.165) is 16.3 Å². The Morgan fingerprint density at radius 3 is 2.38 bits per heavy atom. The molecule has 3 rings (SSSR count). The standard InChI is InChI=1S/C27H36N4O5S/c1-16(2)12-22(25(33)29-20(15-37)13-19-10-11-28-24(19)32)30-26(34)23(31-27(35)36)14-18-8-5-7-17-6-3-4-9-21(17)18/h3-9,16,19-20,22-23,31,37H,10-15H2,1-2H3,(H,28,32)(H,29,33)(H,30,34)(H,35,36)/t19-,20-,22-,23-/m0/s1. The number of nitrogens with one attached hydrogen (secondary N) is 4. The van der Waals surface area contributed by atoms with Gasteiger partial charge in [-0.25, -0.2) is 4.79 Å². The molecule has 0 aromatic heterocycles. The molecule has 1 saturated heterocycles. The monoisotopic (exact) mass is 528 g/mol. The third-order valence-corrected chi connectivity index (χ3v) is 7.00. The molecule has 1 heterocycles. The average molecular weight is 529 g/mol. The Hall–Kier alpha value is -3.27. The molecule has 0 aliphatic carbocycles. The van der Waals surface area contributed by atoms with Crippen molar-refractivity contribution in [2.24, 2.45) is 11.8 Å². The lowest BCUT2D eigenvalue weighted by Gasteiger charge is -2.26. The number of carbonyl (C=O) groups is 4. The van der Waals surface area contributed by atoms with Gasteiger partial charge in [0, 0.05) is 30.7 Å². The van der Waals surface area contributed by atoms with Crippen molar-refractivity contribution < 1.29 is 24.3 Å². The second-order valence-corrected chi connectivity index (χ2v) is 10.3. The summed E-state index contributed by atoms with van der Waals surface area (Å²) in [5.74, 6) is -0.714. The molecule has 37 heavy (non-hydrogen) atoms. The first-order chi connectivity index (χ1) is 17.7. The highest BCUT2D eigenvalue weighted by molar-refractivity contribution is 7.80. The van der Waals surface area contributed by atoms with Gasteiger partial charge >= 0.3 is 6.09 Å². The molecular weight excluding hydrogens is 492 g/mol. The van der Waals surface area contributed by atoms with Crippen molar-refractivity contribution in [3.8, 4) is 0 Å². The first kappa shape index (κ1) is 28.3. The van der Waals surface area contributed by atoms with Crippen molar-refractivity contribution in [2.45, 2.75) is 57.7 Å². The van der Waals surface area contributed by atoms with Crippen LogP contribution in [-0.2, 0) is 20.8 Å². The molecule has 0 unspecified atom stereocenters. The topological polar surface area (TPSA) is 137 Å². The molecule has 4 amide bonds. The van der Waals surface area contributed by atoms with E-state index in [1.165, 1.54) is 0 Å². The number of hydrogen-bond acceptors (Lipinski definition) is 5. The molecule has 0 spiro atoms. The number of amides is 4. The minimum Gasteiger partial charge on any atom is -0.465 e. The molecule has 0 saturated carbocycles. The summed E-state index contributed by atoms with van der Waals surface area (Å²) in [5.41, 5.74) is 0.821. The van der Waals surface area contributed by atoms with Crippen LogP contribution in [0.15, 0.2) is 42.5 Å². The normalized spacial score (nSPS) is 17.6. The molecule has 2 aromatic carbocycles. The summed E-state index contributed by atoms with van der Waals surface area (Å²) >= 11 is 4.35. The third kappa shape index (κ3) is 8.11. The molecule has 5 N–H and O–H groups in total. The van der Waals surface area contributed by atoms with E-state index in [4.69, 9.17) is 0 Å². The van der Waals surface area contributed by atoms with Crippen molar-refractivity contribution in [3.63, 3.8) is 0 Å². The van der Waals surface area contributed by atoms with E-state index in [9.17, 15) is 24.3 Å². The molecule has 1 aliphatic heterocycles. The smallest absolute Gasteiger partial charge is 0.405 e. The fraction of sp³-hybridized carbons (Fsp3) is 0.481. The second-order valence-electron chi connectivity index (χ2n) is 9.94. The van der Waals surface area contributed by atoms with Crippen LogP contribution in [0.4, 0.5) is 4.79 Å². The highest BCUT2D eigenvalue weighted by Gasteiger charge is 2.31. The van der Waals surface area contributed by atoms with Crippen LogP contribution in [0.25, 0.3) is 10.8 Å². The number of rotatable bonds is 12. The van der Waals surface area contributed by atoms with E-state index in [2.05, 4.69) is 33.9 Å². The lowest BCUT2D eigenvalue weighted by molar-refractivity contribution is -0.130. The van der Waals surface area contributed by atoms with Crippen molar-refractivity contribution >= 4 is 47.2 Å². The summed E-state index contributed by atoms with van der Waals surface area (Å²) in [6.45, 7) is 4.50. The Balaban J connectivity index is 1.74. The van der Waals surface area contributed by atoms with Crippen LogP contribution >= 0.6 is 12.6 Å². The zero-order chi connectivity index (χ0) is 26.9. The highest BCUT2D eigenvalue weighted by Crippen LogP contribution is 2.20. The number of benzene rings is 2. The number of hydrogen-bond donors (Lipinski definition) is 6. The summed E-state index contributed by atoms with van der Waals surface area (Å²) in [4.78, 5) is 50.0. The van der Waals surface area contributed by atoms with Crippen LogP contribution in [-0.4, -0.2) is 59.3 Å². The quantitative estimate of drug-likeness (QED) is 0.235. The van der Waals surface area contributed by atoms with Crippen LogP contribution in [0.2, 0.25) is 0 Å². The van der Waals surface area contributed by atoms with E-state index in [1.807, 2.05) is 56.3 Å². The van der Waals surface area contributed by atoms with Gasteiger partial charge in [-0.05, 0) is 41.5 Å². The first-order valence-corrected chi connectivity index (χ1v) is 13.3. The van der Waals surface area contributed by atoms with Crippen LogP contribution in [0.5, 0.6) is 0 Å². The van der Waals surface area contributed by atoms with Gasteiger partial charge in [-0.2, -0.15) is 12.6 Å². The lowest BCUT2D eigenvalue weighted by Crippen LogP contribution is -2.56. The Morgan fingerprint density at radius 2 is 1.73 bits per heavy atom. The van der Waals surface area contributed by atoms with Crippen LogP contribution in [0.3, 0.4) is 0 Å². The number of carboxylic acid groups (broad SMARTS) is 1. The highest BCUT2D eigenvalue weighted by atomic mass is 32.1. The summed E-state index contributed by atoms with van der Waals surface area (Å²) in [5, 5.41) is 22.1. The number of fused-ring (bicyclic) bond motifs is 1. The Bertz CT molecular complexity index is 1120. The molecule has 4 atom stereocenters. The van der Waals surface area contributed by atoms with Crippen molar-refractivity contribution in [1.29, 1.82) is 0 Å². The largest absolute Gasteiger partial charge is 0.465 e. The minimum atomic E-state index is -1.32. The van der Waals surface area contributed by atoms with Crippen LogP contribution in [0, 0.1) is 11.8 Å². The summed E-state index contributed by atoms with van der Waals surface area (Å²) in [6, 6.07) is 11.1. The van der Waals surface area contributed by atoms with Gasteiger partial charge in [0.1, 0.15) is 12.1 Å². The number of carbonyl (C=O) groups excluding carboxylic acids is 3. The first-order valence-electron chi connectivity index (χ1n) is 12.6. The van der Waals surface area contributed by atoms with E-state index < -0.39 is 24.1 Å². The maximum absolute atomic E-state index is 13.3. The Morgan fingerprint density at radius 1 is 1.03 bits per heavy atom. The second kappa shape index (κ2) is 13.3. The molecule has 200 valence electrons. The molecule has 1 fully saturated rings. The predicted octanol–water partition coefficient (Wildman–Crippen LogP) is 2.49. The summed E-state index contributed by atoms with van der Waals surface area (Å²) < 4.78 is 0. The fourth-order valence-electron chi connectivity index (χ4n) is 4.72. The molecule has 1 aliphatic rings. The van der Waals surface area contributed by atoms with E-state index >= 15 is 0 Å². The summed E-state index contributed by atoms with van der Waals surface area (Å²) in [6.07, 6.45) is 0.353. The van der Waals surface area contributed by atoms with E-state index in [0.29, 0.717) is 31.6 Å². The van der Waals surface area contributed by atoms with Crippen LogP contribution < -0.4 is 21.3 Å². The average Bonchev–Trinajstić information content (AvgIpc) is 3.26. The van der Waals surface area contributed by atoms with Gasteiger partial charge in [0.15, 0.2) is 0 Å². The molecule has 0 radical (unpaired) electrons. The van der Waals surface area contributed by atoms with Gasteiger partial charge in [-0.1, -0.05) is 56.3 Å². The number of thiol groups is 1. The van der Waals surface area contributed by atoms with E-state index in [1.54, 1.807) is 0 Å². The lowest BCUT2D eigenvalue weighted by atomic mass is 9.97. The molecule has 10 heteroatoms. The fourth-order valence-corrected chi connectivity index (χ4v) is 4.96. The summed E-state index contributed by atoms with van der Waals surface area (Å²) in [7, 11) is 0. The molecule has 0 bridgehead atoms. The third-order valence-electron chi connectivity index (χ3n) is 6.56. The van der Waals surface area contributed by atoms with Gasteiger partial charge in [0.2, 0.25) is 17.7 Å². The molecule has 9 nitrogen and oxygen atoms in total. The SMILES string of the molecule is CC(C)C[C@H](NC(=O)[C@H](Cc1cccc2ccccc12)NC(=O)O)C(=O)N[C@H](CS)C[C@@H]1CCNC1=O. The van der Waals surface area contributed by atoms with Crippen molar-refractivity contribution in [2.75, 3.05) is 12.3 Å². The van der Waals surface area contributed by atoms with Gasteiger partial charge in [-0.3, -0.25) is 14.4 Å². The zero-order valence-corrected chi connectivity index (χ0v) is 22.1. The van der Waals surface area contributed by atoms with Gasteiger partial charge in [0.25, 0.3) is 0 Å². The molecular formula is C27H36N4O5S. The predicted molar refractivity (Wildman–Crippen MR) is 146 cm³/mol. The zero-order valence-electron chi connectivity index (χ0n) is 21.2. The van der Waals surface area contributed by atoms with Gasteiger partial charge in [0.05, 0.1) is 0 Å². The van der Waals surface area contributed by atoms with Crippen molar-refractivity contribution in [3.05, 3.63) is 48.0 Å². The Kier molecular flexibility index (Phi) is 10.2. The maximum atomic E-state index is 13.3. The van der Waals surface area contributed by atoms with Crippen molar-refractivity contribution in [1.82, 2.24) is 21.3 Å². The maximum Gasteiger partial charge on any atom is 0.405 e. The minimum absolute atomic E-state index is 0.0240. The van der Waals surface area contributed by atoms with Crippen LogP contribution in [0.1, 0.15) is 38.7 Å². The van der Waals surface area contributed by atoms with Gasteiger partial charge < -0.3 is 26.4 Å². The molecule has 2 aromatic rings. The van der Waals surface area contributed by atoms with Gasteiger partial charge in [-0.15, -0.1) is 0 Å². The van der Waals surface area contributed by atoms with E-state index in [-0.39, 0.29) is 36.1 Å².